The summed E-state index contributed by atoms with van der Waals surface area (Å²) >= 11 is 0. The van der Waals surface area contributed by atoms with Gasteiger partial charge in [-0.05, 0) is 5.56 Å². The van der Waals surface area contributed by atoms with Crippen molar-refractivity contribution in [3.63, 3.8) is 0 Å². The molecule has 3 N–H and O–H groups in total. The lowest BCUT2D eigenvalue weighted by Gasteiger charge is -2.11. The number of carbonyl (C=O) groups is 1. The molecular weight excluding hydrogens is 211 g/mol. The average Bonchev–Trinajstić information content (AvgIpc) is 2.56. The molecule has 1 atom stereocenters. The van der Waals surface area contributed by atoms with Crippen LogP contribution in [0.15, 0.2) is 12.3 Å². The van der Waals surface area contributed by atoms with Gasteiger partial charge in [-0.3, -0.25) is 4.90 Å². The van der Waals surface area contributed by atoms with Gasteiger partial charge in [-0.1, -0.05) is 13.0 Å². The average molecular weight is 222 g/mol. The fraction of sp³-hybridized carbons (Fsp3) is 0.333. The van der Waals surface area contributed by atoms with Crippen LogP contribution in [0.2, 0.25) is 0 Å². The van der Waals surface area contributed by atoms with Gasteiger partial charge in [0.15, 0.2) is 0 Å². The van der Waals surface area contributed by atoms with Crippen molar-refractivity contribution in [3.8, 4) is 0 Å². The fourth-order valence-corrected chi connectivity index (χ4v) is 1.85. The van der Waals surface area contributed by atoms with E-state index in [0.717, 1.165) is 10.5 Å². The van der Waals surface area contributed by atoms with E-state index in [1.807, 2.05) is 6.92 Å². The van der Waals surface area contributed by atoms with Crippen molar-refractivity contribution in [3.05, 3.63) is 17.8 Å². The van der Waals surface area contributed by atoms with Gasteiger partial charge in [0, 0.05) is 24.1 Å². The van der Waals surface area contributed by atoms with Gasteiger partial charge in [-0.15, -0.1) is 0 Å². The zero-order valence-electron chi connectivity index (χ0n) is 8.66. The first-order valence-corrected chi connectivity index (χ1v) is 4.87. The number of nitrogens with zero attached hydrogens (tertiary/aromatic N) is 2. The van der Waals surface area contributed by atoms with E-state index < -0.39 is 13.2 Å². The number of carboxylic acid groups (broad SMARTS) is 1. The van der Waals surface area contributed by atoms with Crippen molar-refractivity contribution < 1.29 is 19.9 Å². The van der Waals surface area contributed by atoms with Crippen LogP contribution in [0.25, 0.3) is 0 Å². The maximum absolute atomic E-state index is 10.9. The fourth-order valence-electron chi connectivity index (χ4n) is 1.85. The van der Waals surface area contributed by atoms with Gasteiger partial charge in [-0.25, -0.2) is 9.78 Å². The summed E-state index contributed by atoms with van der Waals surface area (Å²) in [4.78, 5) is 16.0. The second-order valence-corrected chi connectivity index (χ2v) is 3.85. The number of amides is 1. The Morgan fingerprint density at radius 2 is 2.31 bits per heavy atom. The first kappa shape index (κ1) is 10.9. The summed E-state index contributed by atoms with van der Waals surface area (Å²) in [6.45, 7) is 2.22. The summed E-state index contributed by atoms with van der Waals surface area (Å²) in [6, 6.07) is 1.58. The van der Waals surface area contributed by atoms with Crippen LogP contribution in [0.1, 0.15) is 18.4 Å². The SMILES string of the molecule is CC1CN(C(=O)O)c2ncc(B(O)O)cc21. The van der Waals surface area contributed by atoms with Crippen molar-refractivity contribution in [2.45, 2.75) is 12.8 Å². The van der Waals surface area contributed by atoms with E-state index in [0.29, 0.717) is 12.4 Å². The molecule has 0 fully saturated rings. The highest BCUT2D eigenvalue weighted by atomic mass is 16.4. The van der Waals surface area contributed by atoms with E-state index in [1.54, 1.807) is 6.07 Å². The minimum absolute atomic E-state index is 0.0114. The Kier molecular flexibility index (Phi) is 2.57. The summed E-state index contributed by atoms with van der Waals surface area (Å²) in [7, 11) is -1.58. The number of anilines is 1. The smallest absolute Gasteiger partial charge is 0.465 e. The third kappa shape index (κ3) is 1.64. The molecule has 0 aromatic carbocycles. The lowest BCUT2D eigenvalue weighted by Crippen LogP contribution is -2.31. The second-order valence-electron chi connectivity index (χ2n) is 3.85. The third-order valence-electron chi connectivity index (χ3n) is 2.69. The van der Waals surface area contributed by atoms with Gasteiger partial charge in [0.25, 0.3) is 0 Å². The molecule has 0 bridgehead atoms. The van der Waals surface area contributed by atoms with Gasteiger partial charge >= 0.3 is 13.2 Å². The van der Waals surface area contributed by atoms with Crippen molar-refractivity contribution in [1.29, 1.82) is 0 Å². The molecule has 0 saturated carbocycles. The molecular formula is C9H11BN2O4. The third-order valence-corrected chi connectivity index (χ3v) is 2.69. The monoisotopic (exact) mass is 222 g/mol. The maximum atomic E-state index is 10.9. The molecule has 2 rings (SSSR count). The van der Waals surface area contributed by atoms with Gasteiger partial charge < -0.3 is 15.2 Å². The highest BCUT2D eigenvalue weighted by molar-refractivity contribution is 6.58. The van der Waals surface area contributed by atoms with Crippen molar-refractivity contribution in [2.24, 2.45) is 0 Å². The minimum atomic E-state index is -1.58. The molecule has 16 heavy (non-hydrogen) atoms. The molecule has 0 aliphatic carbocycles. The number of rotatable bonds is 1. The Bertz CT molecular complexity index is 438. The molecule has 1 aromatic rings. The Morgan fingerprint density at radius 1 is 1.62 bits per heavy atom. The standard InChI is InChI=1S/C9H11BN2O4/c1-5-4-12(9(13)14)8-7(5)2-6(3-11-8)10(15)16/h2-3,5,15-16H,4H2,1H3,(H,13,14). The molecule has 7 heteroatoms. The van der Waals surface area contributed by atoms with E-state index in [4.69, 9.17) is 15.2 Å². The molecule has 1 aromatic heterocycles. The zero-order valence-corrected chi connectivity index (χ0v) is 8.66. The van der Waals surface area contributed by atoms with Crippen LogP contribution in [-0.2, 0) is 0 Å². The van der Waals surface area contributed by atoms with Crippen molar-refractivity contribution in [1.82, 2.24) is 4.98 Å². The Morgan fingerprint density at radius 3 is 2.88 bits per heavy atom. The molecule has 2 heterocycles. The number of hydrogen-bond acceptors (Lipinski definition) is 4. The molecule has 1 amide bonds. The normalized spacial score (nSPS) is 18.4. The van der Waals surface area contributed by atoms with Crippen LogP contribution in [0, 0.1) is 0 Å². The Balaban J connectivity index is 2.45. The molecule has 1 unspecified atom stereocenters. The zero-order chi connectivity index (χ0) is 11.9. The Hall–Kier alpha value is -1.60. The number of fused-ring (bicyclic) bond motifs is 1. The van der Waals surface area contributed by atoms with Crippen LogP contribution in [0.3, 0.4) is 0 Å². The first-order valence-electron chi connectivity index (χ1n) is 4.87. The number of pyridine rings is 1. The molecule has 6 nitrogen and oxygen atoms in total. The highest BCUT2D eigenvalue weighted by Crippen LogP contribution is 2.33. The number of aromatic nitrogens is 1. The molecule has 0 saturated heterocycles. The summed E-state index contributed by atoms with van der Waals surface area (Å²) in [5.74, 6) is 0.390. The summed E-state index contributed by atoms with van der Waals surface area (Å²) in [5.41, 5.74) is 1.01. The van der Waals surface area contributed by atoms with Crippen LogP contribution in [-0.4, -0.2) is 39.9 Å². The van der Waals surface area contributed by atoms with Gasteiger partial charge in [0.1, 0.15) is 5.82 Å². The number of hydrogen-bond donors (Lipinski definition) is 3. The summed E-state index contributed by atoms with van der Waals surface area (Å²) in [5, 5.41) is 26.9. The van der Waals surface area contributed by atoms with Crippen molar-refractivity contribution in [2.75, 3.05) is 11.4 Å². The van der Waals surface area contributed by atoms with Crippen LogP contribution < -0.4 is 10.4 Å². The van der Waals surface area contributed by atoms with Crippen molar-refractivity contribution >= 4 is 24.5 Å². The highest BCUT2D eigenvalue weighted by Gasteiger charge is 2.32. The summed E-state index contributed by atoms with van der Waals surface area (Å²) in [6.07, 6.45) is 0.229. The van der Waals surface area contributed by atoms with Crippen LogP contribution in [0.4, 0.5) is 10.6 Å². The van der Waals surface area contributed by atoms with E-state index in [1.165, 1.54) is 6.20 Å². The van der Waals surface area contributed by atoms with Gasteiger partial charge in [0.2, 0.25) is 0 Å². The van der Waals surface area contributed by atoms with Gasteiger partial charge in [0.05, 0.1) is 0 Å². The van der Waals surface area contributed by atoms with E-state index in [9.17, 15) is 4.79 Å². The first-order chi connectivity index (χ1) is 7.50. The molecule has 84 valence electrons. The molecule has 0 radical (unpaired) electrons. The lowest BCUT2D eigenvalue weighted by atomic mass is 9.80. The van der Waals surface area contributed by atoms with E-state index in [-0.39, 0.29) is 11.4 Å². The largest absolute Gasteiger partial charge is 0.490 e. The molecule has 1 aliphatic rings. The minimum Gasteiger partial charge on any atom is -0.465 e. The van der Waals surface area contributed by atoms with E-state index in [2.05, 4.69) is 4.98 Å². The van der Waals surface area contributed by atoms with Crippen LogP contribution >= 0.6 is 0 Å². The predicted molar refractivity (Wildman–Crippen MR) is 57.8 cm³/mol. The maximum Gasteiger partial charge on any atom is 0.490 e. The van der Waals surface area contributed by atoms with Crippen LogP contribution in [0.5, 0.6) is 0 Å². The molecule has 1 aliphatic heterocycles. The van der Waals surface area contributed by atoms with Gasteiger partial charge in [-0.2, -0.15) is 0 Å². The lowest BCUT2D eigenvalue weighted by molar-refractivity contribution is 0.202. The summed E-state index contributed by atoms with van der Waals surface area (Å²) < 4.78 is 0. The Labute approximate surface area is 92.3 Å². The van der Waals surface area contributed by atoms with E-state index >= 15 is 0 Å². The second kappa shape index (κ2) is 3.77. The quantitative estimate of drug-likeness (QED) is 0.549. The predicted octanol–water partition coefficient (Wildman–Crippen LogP) is -0.637. The topological polar surface area (TPSA) is 93.9 Å². The molecule has 0 spiro atoms.